The summed E-state index contributed by atoms with van der Waals surface area (Å²) in [5.41, 5.74) is 5.87. The van der Waals surface area contributed by atoms with Crippen LogP contribution in [0.15, 0.2) is 0 Å². The number of unbranched alkanes of at least 4 members (excludes halogenated alkanes) is 1. The van der Waals surface area contributed by atoms with Gasteiger partial charge in [-0.2, -0.15) is 0 Å². The summed E-state index contributed by atoms with van der Waals surface area (Å²) >= 11 is 0. The lowest BCUT2D eigenvalue weighted by Gasteiger charge is -2.23. The van der Waals surface area contributed by atoms with Crippen LogP contribution < -0.4 is 5.73 Å². The van der Waals surface area contributed by atoms with Gasteiger partial charge >= 0.3 is 0 Å². The van der Waals surface area contributed by atoms with Gasteiger partial charge in [-0.3, -0.25) is 4.79 Å². The van der Waals surface area contributed by atoms with Gasteiger partial charge in [0, 0.05) is 6.54 Å². The fourth-order valence-corrected chi connectivity index (χ4v) is 1.74. The van der Waals surface area contributed by atoms with E-state index < -0.39 is 0 Å². The van der Waals surface area contributed by atoms with E-state index in [1.54, 1.807) is 4.90 Å². The van der Waals surface area contributed by atoms with Crippen LogP contribution in [-0.4, -0.2) is 29.9 Å². The van der Waals surface area contributed by atoms with Crippen LogP contribution in [-0.2, 0) is 4.79 Å². The average molecular weight is 222 g/mol. The summed E-state index contributed by atoms with van der Waals surface area (Å²) in [6.45, 7) is 3.29. The van der Waals surface area contributed by atoms with Crippen LogP contribution in [0.5, 0.6) is 0 Å². The van der Waals surface area contributed by atoms with Crippen LogP contribution in [0.4, 0.5) is 0 Å². The molecule has 1 fully saturated rings. The molecule has 0 aliphatic heterocycles. The molecule has 1 atom stereocenters. The number of nitrogens with two attached hydrogens (primary N) is 1. The average Bonchev–Trinajstić information content (AvgIpc) is 3.08. The van der Waals surface area contributed by atoms with Crippen LogP contribution >= 0.6 is 0 Å². The van der Waals surface area contributed by atoms with E-state index in [0.29, 0.717) is 12.5 Å². The first kappa shape index (κ1) is 13.1. The van der Waals surface area contributed by atoms with Gasteiger partial charge in [-0.05, 0) is 25.2 Å². The monoisotopic (exact) mass is 222 g/mol. The van der Waals surface area contributed by atoms with Gasteiger partial charge in [0.15, 0.2) is 0 Å². The molecule has 0 spiro atoms. The fraction of sp³-hybridized carbons (Fsp3) is 0.769. The molecule has 1 rings (SSSR count). The topological polar surface area (TPSA) is 46.3 Å². The third kappa shape index (κ3) is 4.24. The Morgan fingerprint density at radius 2 is 2.31 bits per heavy atom. The molecular formula is C13H22N2O. The molecular weight excluding hydrogens is 200 g/mol. The van der Waals surface area contributed by atoms with E-state index in [0.717, 1.165) is 25.8 Å². The van der Waals surface area contributed by atoms with Crippen LogP contribution in [0, 0.1) is 18.3 Å². The number of hydrogen-bond donors (Lipinski definition) is 1. The van der Waals surface area contributed by atoms with Gasteiger partial charge in [-0.25, -0.2) is 0 Å². The molecule has 0 unspecified atom stereocenters. The maximum atomic E-state index is 12.0. The summed E-state index contributed by atoms with van der Waals surface area (Å²) in [6, 6.07) is -0.368. The van der Waals surface area contributed by atoms with E-state index in [-0.39, 0.29) is 11.9 Å². The molecule has 1 aliphatic carbocycles. The second kappa shape index (κ2) is 6.55. The van der Waals surface area contributed by atoms with E-state index in [2.05, 4.69) is 12.8 Å². The van der Waals surface area contributed by atoms with Crippen molar-refractivity contribution in [1.82, 2.24) is 4.90 Å². The van der Waals surface area contributed by atoms with E-state index in [9.17, 15) is 4.79 Å². The number of rotatable bonds is 7. The minimum Gasteiger partial charge on any atom is -0.330 e. The molecule has 0 bridgehead atoms. The van der Waals surface area contributed by atoms with Gasteiger partial charge in [-0.1, -0.05) is 25.7 Å². The zero-order chi connectivity index (χ0) is 12.0. The Kier molecular flexibility index (Phi) is 5.34. The molecule has 90 valence electrons. The first-order valence-electron chi connectivity index (χ1n) is 6.16. The summed E-state index contributed by atoms with van der Waals surface area (Å²) in [5, 5.41) is 0. The number of nitrogens with zero attached hydrogens (tertiary/aromatic N) is 1. The molecule has 3 heteroatoms. The summed E-state index contributed by atoms with van der Waals surface area (Å²) in [4.78, 5) is 13.8. The second-order valence-corrected chi connectivity index (χ2v) is 4.61. The molecule has 0 aromatic heterocycles. The van der Waals surface area contributed by atoms with Crippen molar-refractivity contribution in [1.29, 1.82) is 0 Å². The lowest BCUT2D eigenvalue weighted by molar-refractivity contribution is -0.132. The Bertz CT molecular complexity index is 266. The normalized spacial score (nSPS) is 16.6. The highest BCUT2D eigenvalue weighted by Crippen LogP contribution is 2.29. The summed E-state index contributed by atoms with van der Waals surface area (Å²) in [5.74, 6) is 3.23. The molecule has 0 aromatic carbocycles. The van der Waals surface area contributed by atoms with Crippen molar-refractivity contribution in [2.45, 2.75) is 45.1 Å². The quantitative estimate of drug-likeness (QED) is 0.661. The molecule has 0 heterocycles. The van der Waals surface area contributed by atoms with Crippen molar-refractivity contribution in [2.24, 2.45) is 11.7 Å². The Morgan fingerprint density at radius 3 is 2.81 bits per heavy atom. The Morgan fingerprint density at radius 1 is 1.62 bits per heavy atom. The van der Waals surface area contributed by atoms with Gasteiger partial charge in [-0.15, -0.1) is 6.42 Å². The highest BCUT2D eigenvalue weighted by molar-refractivity contribution is 5.81. The predicted molar refractivity (Wildman–Crippen MR) is 65.6 cm³/mol. The zero-order valence-electron chi connectivity index (χ0n) is 10.1. The molecule has 1 saturated carbocycles. The van der Waals surface area contributed by atoms with Crippen LogP contribution in [0.1, 0.15) is 39.0 Å². The first-order valence-corrected chi connectivity index (χ1v) is 6.16. The SMILES string of the molecule is C#CCN(CC1CC1)C(=O)[C@@H](N)CCCC. The molecule has 0 radical (unpaired) electrons. The van der Waals surface area contributed by atoms with Gasteiger partial charge in [0.1, 0.15) is 0 Å². The third-order valence-corrected chi connectivity index (χ3v) is 2.96. The minimum absolute atomic E-state index is 0.0262. The number of carbonyl (C=O) groups excluding carboxylic acids is 1. The van der Waals surface area contributed by atoms with Crippen LogP contribution in [0.2, 0.25) is 0 Å². The summed E-state index contributed by atoms with van der Waals surface area (Å²) < 4.78 is 0. The van der Waals surface area contributed by atoms with Crippen molar-refractivity contribution < 1.29 is 4.79 Å². The molecule has 2 N–H and O–H groups in total. The molecule has 16 heavy (non-hydrogen) atoms. The van der Waals surface area contributed by atoms with E-state index >= 15 is 0 Å². The summed E-state index contributed by atoms with van der Waals surface area (Å²) in [7, 11) is 0. The van der Waals surface area contributed by atoms with Crippen LogP contribution in [0.3, 0.4) is 0 Å². The number of hydrogen-bond acceptors (Lipinski definition) is 2. The molecule has 3 nitrogen and oxygen atoms in total. The number of terminal acetylenes is 1. The largest absolute Gasteiger partial charge is 0.330 e. The highest BCUT2D eigenvalue weighted by Gasteiger charge is 2.28. The number of amides is 1. The van der Waals surface area contributed by atoms with E-state index in [1.165, 1.54) is 12.8 Å². The van der Waals surface area contributed by atoms with Crippen molar-refractivity contribution in [2.75, 3.05) is 13.1 Å². The highest BCUT2D eigenvalue weighted by atomic mass is 16.2. The summed E-state index contributed by atoms with van der Waals surface area (Å²) in [6.07, 6.45) is 10.6. The lowest BCUT2D eigenvalue weighted by atomic mass is 10.1. The lowest BCUT2D eigenvalue weighted by Crippen LogP contribution is -2.44. The van der Waals surface area contributed by atoms with Crippen molar-refractivity contribution in [3.63, 3.8) is 0 Å². The number of carbonyl (C=O) groups is 1. The standard InChI is InChI=1S/C13H22N2O/c1-3-5-6-12(14)13(16)15(9-4-2)10-11-7-8-11/h2,11-12H,3,5-10,14H2,1H3/t12-/m0/s1. The first-order chi connectivity index (χ1) is 7.69. The maximum absolute atomic E-state index is 12.0. The van der Waals surface area contributed by atoms with E-state index in [4.69, 9.17) is 12.2 Å². The zero-order valence-corrected chi connectivity index (χ0v) is 10.1. The Labute approximate surface area is 98.4 Å². The van der Waals surface area contributed by atoms with Gasteiger partial charge in [0.05, 0.1) is 12.6 Å². The second-order valence-electron chi connectivity index (χ2n) is 4.61. The Balaban J connectivity index is 2.41. The fourth-order valence-electron chi connectivity index (χ4n) is 1.74. The van der Waals surface area contributed by atoms with Crippen molar-refractivity contribution in [3.8, 4) is 12.3 Å². The Hall–Kier alpha value is -1.01. The third-order valence-electron chi connectivity index (χ3n) is 2.96. The van der Waals surface area contributed by atoms with Crippen molar-refractivity contribution >= 4 is 5.91 Å². The molecule has 0 aromatic rings. The van der Waals surface area contributed by atoms with Gasteiger partial charge in [0.2, 0.25) is 5.91 Å². The molecule has 1 aliphatic rings. The van der Waals surface area contributed by atoms with Crippen molar-refractivity contribution in [3.05, 3.63) is 0 Å². The maximum Gasteiger partial charge on any atom is 0.240 e. The molecule has 1 amide bonds. The smallest absolute Gasteiger partial charge is 0.240 e. The predicted octanol–water partition coefficient (Wildman–Crippen LogP) is 1.38. The van der Waals surface area contributed by atoms with E-state index in [1.807, 2.05) is 0 Å². The minimum atomic E-state index is -0.368. The molecule has 0 saturated heterocycles. The van der Waals surface area contributed by atoms with Crippen LogP contribution in [0.25, 0.3) is 0 Å². The van der Waals surface area contributed by atoms with Gasteiger partial charge in [0.25, 0.3) is 0 Å². The van der Waals surface area contributed by atoms with Gasteiger partial charge < -0.3 is 10.6 Å².